The van der Waals surface area contributed by atoms with Crippen molar-refractivity contribution >= 4 is 11.8 Å². The van der Waals surface area contributed by atoms with Gasteiger partial charge < -0.3 is 19.5 Å². The first kappa shape index (κ1) is 48.0. The van der Waals surface area contributed by atoms with Gasteiger partial charge >= 0.3 is 5.97 Å². The molecule has 0 aliphatic carbocycles. The van der Waals surface area contributed by atoms with Gasteiger partial charge in [0.25, 0.3) is 0 Å². The molecule has 0 spiro atoms. The van der Waals surface area contributed by atoms with Crippen LogP contribution in [0.2, 0.25) is 0 Å². The van der Waals surface area contributed by atoms with Crippen LogP contribution in [0.1, 0.15) is 220 Å². The molecule has 6 heteroatoms. The van der Waals surface area contributed by atoms with Crippen LogP contribution in [0.3, 0.4) is 0 Å². The molecule has 0 aromatic carbocycles. The molecule has 0 saturated heterocycles. The second-order valence-electron chi connectivity index (χ2n) is 14.8. The number of nitrogens with zero attached hydrogens (tertiary/aromatic N) is 1. The SMILES string of the molecule is CCCCCCCCCOCC(=O)CCCCCCCN(CCO)CCCCCCCCCC(=O)OC(CCCCCC)CCCCCC. The van der Waals surface area contributed by atoms with Crippen molar-refractivity contribution in [3.8, 4) is 0 Å². The number of Topliss-reactive ketones (excluding diaryl/α,β-unsaturated/α-hetero) is 1. The van der Waals surface area contributed by atoms with Crippen LogP contribution in [0.5, 0.6) is 0 Å². The van der Waals surface area contributed by atoms with E-state index in [9.17, 15) is 14.7 Å². The number of hydrogen-bond acceptors (Lipinski definition) is 6. The first-order valence-corrected chi connectivity index (χ1v) is 21.7. The zero-order chi connectivity index (χ0) is 35.9. The summed E-state index contributed by atoms with van der Waals surface area (Å²) in [6.45, 7) is 10.9. The molecule has 0 saturated carbocycles. The number of aliphatic hydroxyl groups is 1. The molecule has 0 amide bonds. The maximum Gasteiger partial charge on any atom is 0.306 e. The summed E-state index contributed by atoms with van der Waals surface area (Å²) in [5.41, 5.74) is 0. The van der Waals surface area contributed by atoms with Crippen molar-refractivity contribution in [2.45, 2.75) is 226 Å². The van der Waals surface area contributed by atoms with Crippen LogP contribution in [0, 0.1) is 0 Å². The molecule has 0 aromatic heterocycles. The highest BCUT2D eigenvalue weighted by molar-refractivity contribution is 5.79. The Bertz CT molecular complexity index is 675. The van der Waals surface area contributed by atoms with Gasteiger partial charge in [-0.1, -0.05) is 149 Å². The monoisotopic (exact) mass is 696 g/mol. The second kappa shape index (κ2) is 39.8. The maximum absolute atomic E-state index is 12.5. The second-order valence-corrected chi connectivity index (χ2v) is 14.8. The first-order chi connectivity index (χ1) is 24.1. The van der Waals surface area contributed by atoms with Crippen LogP contribution in [0.4, 0.5) is 0 Å². The number of carbonyl (C=O) groups is 2. The Kier molecular flexibility index (Phi) is 39.0. The van der Waals surface area contributed by atoms with Crippen molar-refractivity contribution in [2.24, 2.45) is 0 Å². The van der Waals surface area contributed by atoms with Crippen LogP contribution in [0.25, 0.3) is 0 Å². The fourth-order valence-corrected chi connectivity index (χ4v) is 6.68. The molecular weight excluding hydrogens is 610 g/mol. The molecular formula is C43H85NO5. The Balaban J connectivity index is 3.76. The van der Waals surface area contributed by atoms with Crippen molar-refractivity contribution in [3.63, 3.8) is 0 Å². The molecule has 0 heterocycles. The molecule has 0 rings (SSSR count). The fraction of sp³-hybridized carbons (Fsp3) is 0.953. The third-order valence-electron chi connectivity index (χ3n) is 9.91. The first-order valence-electron chi connectivity index (χ1n) is 21.7. The summed E-state index contributed by atoms with van der Waals surface area (Å²) in [5, 5.41) is 9.51. The highest BCUT2D eigenvalue weighted by Gasteiger charge is 2.14. The van der Waals surface area contributed by atoms with Gasteiger partial charge in [0.2, 0.25) is 0 Å². The quantitative estimate of drug-likeness (QED) is 0.0507. The van der Waals surface area contributed by atoms with E-state index < -0.39 is 0 Å². The summed E-state index contributed by atoms with van der Waals surface area (Å²) in [4.78, 5) is 27.0. The minimum atomic E-state index is 0.0183. The van der Waals surface area contributed by atoms with Crippen molar-refractivity contribution < 1.29 is 24.2 Å². The third-order valence-corrected chi connectivity index (χ3v) is 9.91. The van der Waals surface area contributed by atoms with E-state index in [-0.39, 0.29) is 24.5 Å². The van der Waals surface area contributed by atoms with E-state index >= 15 is 0 Å². The van der Waals surface area contributed by atoms with Crippen molar-refractivity contribution in [1.29, 1.82) is 0 Å². The van der Waals surface area contributed by atoms with E-state index in [0.29, 0.717) is 19.4 Å². The van der Waals surface area contributed by atoms with E-state index in [1.54, 1.807) is 0 Å². The lowest BCUT2D eigenvalue weighted by molar-refractivity contribution is -0.150. The largest absolute Gasteiger partial charge is 0.462 e. The molecule has 6 nitrogen and oxygen atoms in total. The topological polar surface area (TPSA) is 76.1 Å². The Labute approximate surface area is 305 Å². The molecule has 0 bridgehead atoms. The zero-order valence-electron chi connectivity index (χ0n) is 33.3. The van der Waals surface area contributed by atoms with Crippen LogP contribution < -0.4 is 0 Å². The van der Waals surface area contributed by atoms with Gasteiger partial charge in [-0.15, -0.1) is 0 Å². The predicted molar refractivity (Wildman–Crippen MR) is 209 cm³/mol. The number of hydrogen-bond donors (Lipinski definition) is 1. The van der Waals surface area contributed by atoms with Crippen molar-refractivity contribution in [1.82, 2.24) is 4.90 Å². The average Bonchev–Trinajstić information content (AvgIpc) is 3.09. The molecule has 1 N–H and O–H groups in total. The number of carbonyl (C=O) groups excluding carboxylic acids is 2. The number of aliphatic hydroxyl groups excluding tert-OH is 1. The lowest BCUT2D eigenvalue weighted by Crippen LogP contribution is -2.29. The lowest BCUT2D eigenvalue weighted by atomic mass is 10.0. The number of esters is 1. The third kappa shape index (κ3) is 36.6. The maximum atomic E-state index is 12.5. The smallest absolute Gasteiger partial charge is 0.306 e. The standard InChI is InChI=1S/C43H85NO5/c1-4-7-10-13-17-23-30-39-48-40-41(46)31-24-19-18-22-29-36-44(37-38-45)35-28-21-16-14-15-20-27-34-43(47)49-42(32-25-11-8-5-2)33-26-12-9-6-3/h42,45H,4-40H2,1-3H3. The van der Waals surface area contributed by atoms with E-state index in [1.165, 1.54) is 135 Å². The summed E-state index contributed by atoms with van der Waals surface area (Å²) < 4.78 is 11.5. The van der Waals surface area contributed by atoms with Gasteiger partial charge in [0.05, 0.1) is 6.61 Å². The molecule has 0 atom stereocenters. The summed E-state index contributed by atoms with van der Waals surface area (Å²) in [7, 11) is 0. The van der Waals surface area contributed by atoms with Crippen LogP contribution in [-0.4, -0.2) is 67.3 Å². The van der Waals surface area contributed by atoms with Gasteiger partial charge in [0.15, 0.2) is 5.78 Å². The highest BCUT2D eigenvalue weighted by atomic mass is 16.5. The zero-order valence-corrected chi connectivity index (χ0v) is 33.3. The predicted octanol–water partition coefficient (Wildman–Crippen LogP) is 11.9. The van der Waals surface area contributed by atoms with E-state index in [2.05, 4.69) is 25.7 Å². The normalized spacial score (nSPS) is 11.6. The number of unbranched alkanes of at least 4 members (excludes halogenated alkanes) is 22. The summed E-state index contributed by atoms with van der Waals surface area (Å²) >= 11 is 0. The van der Waals surface area contributed by atoms with Crippen LogP contribution in [0.15, 0.2) is 0 Å². The minimum absolute atomic E-state index is 0.0183. The molecule has 0 radical (unpaired) electrons. The minimum Gasteiger partial charge on any atom is -0.462 e. The number of ketones is 1. The summed E-state index contributed by atoms with van der Waals surface area (Å²) in [5.74, 6) is 0.270. The molecule has 0 aliphatic heterocycles. The van der Waals surface area contributed by atoms with Gasteiger partial charge in [-0.3, -0.25) is 9.59 Å². The average molecular weight is 696 g/mol. The van der Waals surface area contributed by atoms with Gasteiger partial charge in [-0.2, -0.15) is 0 Å². The molecule has 0 aromatic rings. The van der Waals surface area contributed by atoms with Crippen LogP contribution in [-0.2, 0) is 19.1 Å². The molecule has 292 valence electrons. The van der Waals surface area contributed by atoms with E-state index in [1.807, 2.05) is 0 Å². The van der Waals surface area contributed by atoms with Gasteiger partial charge in [0, 0.05) is 26.0 Å². The molecule has 49 heavy (non-hydrogen) atoms. The Morgan fingerprint density at radius 2 is 0.939 bits per heavy atom. The number of ether oxygens (including phenoxy) is 2. The van der Waals surface area contributed by atoms with Crippen LogP contribution >= 0.6 is 0 Å². The molecule has 0 fully saturated rings. The lowest BCUT2D eigenvalue weighted by Gasteiger charge is -2.21. The van der Waals surface area contributed by atoms with Gasteiger partial charge in [0.1, 0.15) is 12.7 Å². The number of rotatable bonds is 41. The Morgan fingerprint density at radius 3 is 1.45 bits per heavy atom. The Hall–Kier alpha value is -0.980. The van der Waals surface area contributed by atoms with E-state index in [0.717, 1.165) is 77.6 Å². The van der Waals surface area contributed by atoms with E-state index in [4.69, 9.17) is 9.47 Å². The Morgan fingerprint density at radius 1 is 0.510 bits per heavy atom. The molecule has 0 aliphatic rings. The van der Waals surface area contributed by atoms with Gasteiger partial charge in [-0.25, -0.2) is 0 Å². The fourth-order valence-electron chi connectivity index (χ4n) is 6.68. The van der Waals surface area contributed by atoms with Crippen molar-refractivity contribution in [3.05, 3.63) is 0 Å². The summed E-state index contributed by atoms with van der Waals surface area (Å²) in [6.07, 6.45) is 36.0. The summed E-state index contributed by atoms with van der Waals surface area (Å²) in [6, 6.07) is 0. The van der Waals surface area contributed by atoms with Crippen molar-refractivity contribution in [2.75, 3.05) is 39.5 Å². The van der Waals surface area contributed by atoms with Gasteiger partial charge in [-0.05, 0) is 70.9 Å². The molecule has 0 unspecified atom stereocenters. The highest BCUT2D eigenvalue weighted by Crippen LogP contribution is 2.18.